The lowest BCUT2D eigenvalue weighted by atomic mass is 10.2. The Morgan fingerprint density at radius 3 is 2.18 bits per heavy atom. The minimum atomic E-state index is -1.92. The molecule has 0 aliphatic carbocycles. The van der Waals surface area contributed by atoms with E-state index in [1.165, 1.54) is 36.4 Å². The molecular weight excluding hydrogens is 228 g/mol. The zero-order valence-corrected chi connectivity index (χ0v) is 11.9. The number of unbranched alkanes of at least 4 members (excludes halogenated alkanes) is 3. The first kappa shape index (κ1) is 12.8. The van der Waals surface area contributed by atoms with Crippen LogP contribution in [0.15, 0.2) is 24.3 Å². The van der Waals surface area contributed by atoms with Crippen molar-refractivity contribution in [1.82, 2.24) is 0 Å². The highest BCUT2D eigenvalue weighted by atomic mass is 28.4. The summed E-state index contributed by atoms with van der Waals surface area (Å²) in [6, 6.07) is 9.89. The van der Waals surface area contributed by atoms with E-state index in [4.69, 9.17) is 9.15 Å². The van der Waals surface area contributed by atoms with E-state index < -0.39 is 8.56 Å². The lowest BCUT2D eigenvalue weighted by Gasteiger charge is -2.05. The Balaban J connectivity index is 1.90. The molecule has 0 radical (unpaired) electrons. The molecule has 1 heterocycles. The Morgan fingerprint density at radius 2 is 1.65 bits per heavy atom. The molecule has 0 aromatic heterocycles. The Bertz CT molecular complexity index is 344. The van der Waals surface area contributed by atoms with Gasteiger partial charge >= 0.3 is 8.56 Å². The van der Waals surface area contributed by atoms with Crippen molar-refractivity contribution in [2.75, 3.05) is 0 Å². The summed E-state index contributed by atoms with van der Waals surface area (Å²) in [5.74, 6) is 0. The van der Waals surface area contributed by atoms with E-state index >= 15 is 0 Å². The van der Waals surface area contributed by atoms with Crippen molar-refractivity contribution in [2.24, 2.45) is 0 Å². The van der Waals surface area contributed by atoms with Crippen LogP contribution >= 0.6 is 0 Å². The maximum atomic E-state index is 5.37. The molecule has 0 bridgehead atoms. The number of rotatable bonds is 7. The summed E-state index contributed by atoms with van der Waals surface area (Å²) in [6.07, 6.45) is 6.22. The molecule has 2 nitrogen and oxygen atoms in total. The van der Waals surface area contributed by atoms with Crippen LogP contribution in [0.2, 0.25) is 6.04 Å². The fraction of sp³-hybridized carbons (Fsp3) is 0.571. The van der Waals surface area contributed by atoms with Gasteiger partial charge in [-0.25, -0.2) is 0 Å². The second-order valence-electron chi connectivity index (χ2n) is 4.78. The van der Waals surface area contributed by atoms with Crippen LogP contribution in [0.1, 0.15) is 45.1 Å². The van der Waals surface area contributed by atoms with Gasteiger partial charge in [0, 0.05) is 0 Å². The Labute approximate surface area is 105 Å². The van der Waals surface area contributed by atoms with Crippen molar-refractivity contribution in [1.29, 1.82) is 0 Å². The van der Waals surface area contributed by atoms with Crippen molar-refractivity contribution in [3.05, 3.63) is 29.8 Å². The van der Waals surface area contributed by atoms with E-state index in [1.54, 1.807) is 0 Å². The summed E-state index contributed by atoms with van der Waals surface area (Å²) in [7, 11) is -1.92. The summed E-state index contributed by atoms with van der Waals surface area (Å²) >= 11 is 0. The third-order valence-corrected chi connectivity index (χ3v) is 6.24. The molecule has 0 atom stereocenters. The lowest BCUT2D eigenvalue weighted by Crippen LogP contribution is -2.34. The zero-order chi connectivity index (χ0) is 12.1. The number of hydrogen-bond acceptors (Lipinski definition) is 2. The standard InChI is InChI=1S/C14H22O2Si/c1-3-5-6-7-12-17(15-16-17)14-10-8-13(4-2)9-11-14/h8-11H,3-7,12H2,1-2H3. The third kappa shape index (κ3) is 3.18. The van der Waals surface area contributed by atoms with Crippen LogP contribution in [0.4, 0.5) is 0 Å². The van der Waals surface area contributed by atoms with Gasteiger partial charge in [0.25, 0.3) is 0 Å². The molecule has 2 rings (SSSR count). The second-order valence-corrected chi connectivity index (χ2v) is 7.70. The molecule has 1 fully saturated rings. The van der Waals surface area contributed by atoms with Gasteiger partial charge < -0.3 is 0 Å². The molecule has 0 N–H and O–H groups in total. The smallest absolute Gasteiger partial charge is 0.250 e. The SMILES string of the molecule is CCCCCC[Si]1(c2ccc(CC)cc2)OO1. The first-order chi connectivity index (χ1) is 8.30. The summed E-state index contributed by atoms with van der Waals surface area (Å²) in [4.78, 5) is 0. The fourth-order valence-corrected chi connectivity index (χ4v) is 4.59. The van der Waals surface area contributed by atoms with Crippen LogP contribution < -0.4 is 5.19 Å². The highest BCUT2D eigenvalue weighted by Gasteiger charge is 2.55. The Kier molecular flexibility index (Phi) is 4.37. The Morgan fingerprint density at radius 1 is 0.941 bits per heavy atom. The van der Waals surface area contributed by atoms with Gasteiger partial charge in [0.2, 0.25) is 0 Å². The molecule has 94 valence electrons. The van der Waals surface area contributed by atoms with Crippen LogP contribution in [0.5, 0.6) is 0 Å². The third-order valence-electron chi connectivity index (χ3n) is 3.45. The van der Waals surface area contributed by atoms with Crippen LogP contribution in [-0.2, 0) is 15.6 Å². The predicted molar refractivity (Wildman–Crippen MR) is 72.3 cm³/mol. The van der Waals surface area contributed by atoms with Crippen LogP contribution in [0.25, 0.3) is 0 Å². The van der Waals surface area contributed by atoms with Crippen molar-refractivity contribution in [3.8, 4) is 0 Å². The van der Waals surface area contributed by atoms with Crippen molar-refractivity contribution in [2.45, 2.75) is 52.0 Å². The lowest BCUT2D eigenvalue weighted by molar-refractivity contribution is 0.0850. The second kappa shape index (κ2) is 5.80. The van der Waals surface area contributed by atoms with E-state index in [9.17, 15) is 0 Å². The van der Waals surface area contributed by atoms with E-state index in [2.05, 4.69) is 38.1 Å². The molecule has 1 aromatic carbocycles. The molecule has 3 heteroatoms. The zero-order valence-electron chi connectivity index (χ0n) is 10.9. The molecular formula is C14H22O2Si. The van der Waals surface area contributed by atoms with Gasteiger partial charge in [0.05, 0.1) is 0 Å². The molecule has 0 unspecified atom stereocenters. The van der Waals surface area contributed by atoms with E-state index in [1.807, 2.05) is 0 Å². The van der Waals surface area contributed by atoms with Crippen LogP contribution in [0, 0.1) is 0 Å². The topological polar surface area (TPSA) is 25.1 Å². The first-order valence-corrected chi connectivity index (χ1v) is 8.79. The van der Waals surface area contributed by atoms with E-state index in [0.29, 0.717) is 0 Å². The molecule has 1 aliphatic heterocycles. The van der Waals surface area contributed by atoms with Gasteiger partial charge in [-0.3, -0.25) is 9.15 Å². The van der Waals surface area contributed by atoms with E-state index in [-0.39, 0.29) is 0 Å². The molecule has 1 aromatic rings. The average molecular weight is 250 g/mol. The van der Waals surface area contributed by atoms with Gasteiger partial charge in [-0.1, -0.05) is 63.8 Å². The highest BCUT2D eigenvalue weighted by Crippen LogP contribution is 2.30. The maximum Gasteiger partial charge on any atom is 0.436 e. The number of aryl methyl sites for hydroxylation is 1. The fourth-order valence-electron chi connectivity index (χ4n) is 2.15. The molecule has 0 amide bonds. The molecule has 1 aliphatic rings. The summed E-state index contributed by atoms with van der Waals surface area (Å²) in [5, 5.41) is 1.30. The summed E-state index contributed by atoms with van der Waals surface area (Å²) in [6.45, 7) is 4.41. The predicted octanol–water partition coefficient (Wildman–Crippen LogP) is 3.44. The number of benzene rings is 1. The quantitative estimate of drug-likeness (QED) is 0.320. The van der Waals surface area contributed by atoms with Crippen molar-refractivity contribution >= 4 is 13.7 Å². The molecule has 0 spiro atoms. The van der Waals surface area contributed by atoms with Crippen molar-refractivity contribution in [3.63, 3.8) is 0 Å². The highest BCUT2D eigenvalue weighted by molar-refractivity contribution is 6.85. The van der Waals surface area contributed by atoms with Crippen LogP contribution in [0.3, 0.4) is 0 Å². The van der Waals surface area contributed by atoms with Gasteiger partial charge in [0.15, 0.2) is 0 Å². The Hall–Kier alpha value is -0.643. The number of hydrogen-bond donors (Lipinski definition) is 0. The molecule has 1 saturated heterocycles. The van der Waals surface area contributed by atoms with E-state index in [0.717, 1.165) is 12.5 Å². The maximum absolute atomic E-state index is 5.37. The summed E-state index contributed by atoms with van der Waals surface area (Å²) in [5.41, 5.74) is 1.38. The van der Waals surface area contributed by atoms with Gasteiger partial charge in [0.1, 0.15) is 0 Å². The van der Waals surface area contributed by atoms with Crippen LogP contribution in [-0.4, -0.2) is 8.56 Å². The first-order valence-electron chi connectivity index (χ1n) is 6.77. The molecule has 0 saturated carbocycles. The average Bonchev–Trinajstić information content (AvgIpc) is 3.16. The largest absolute Gasteiger partial charge is 0.436 e. The van der Waals surface area contributed by atoms with Gasteiger partial charge in [-0.15, -0.1) is 0 Å². The molecule has 17 heavy (non-hydrogen) atoms. The minimum absolute atomic E-state index is 1.09. The summed E-state index contributed by atoms with van der Waals surface area (Å²) < 4.78 is 10.7. The monoisotopic (exact) mass is 250 g/mol. The normalized spacial score (nSPS) is 17.1. The van der Waals surface area contributed by atoms with Gasteiger partial charge in [-0.2, -0.15) is 0 Å². The van der Waals surface area contributed by atoms with Gasteiger partial charge in [-0.05, 0) is 23.2 Å². The minimum Gasteiger partial charge on any atom is -0.250 e. The van der Waals surface area contributed by atoms with Crippen molar-refractivity contribution < 1.29 is 9.15 Å².